The molecule has 1 N–H and O–H groups in total. The molecular weight excluding hydrogens is 248 g/mol. The van der Waals surface area contributed by atoms with Gasteiger partial charge in [-0.2, -0.15) is 5.26 Å². The van der Waals surface area contributed by atoms with E-state index in [4.69, 9.17) is 5.26 Å². The second kappa shape index (κ2) is 5.10. The molecule has 1 aromatic heterocycles. The summed E-state index contributed by atoms with van der Waals surface area (Å²) >= 11 is 0. The van der Waals surface area contributed by atoms with Gasteiger partial charge in [0.25, 0.3) is 5.56 Å². The number of rotatable bonds is 2. The van der Waals surface area contributed by atoms with Gasteiger partial charge >= 0.3 is 5.69 Å². The van der Waals surface area contributed by atoms with Gasteiger partial charge in [0.2, 0.25) is 5.91 Å². The van der Waals surface area contributed by atoms with Crippen molar-refractivity contribution in [1.82, 2.24) is 14.5 Å². The maximum absolute atomic E-state index is 12.2. The van der Waals surface area contributed by atoms with Crippen LogP contribution in [0, 0.1) is 11.3 Å². The molecule has 0 aromatic carbocycles. The zero-order valence-corrected chi connectivity index (χ0v) is 10.5. The predicted octanol–water partition coefficient (Wildman–Crippen LogP) is -0.408. The summed E-state index contributed by atoms with van der Waals surface area (Å²) < 4.78 is 1.10. The Labute approximate surface area is 109 Å². The molecule has 7 heteroatoms. The first kappa shape index (κ1) is 13.1. The Kier molecular flexibility index (Phi) is 3.51. The third kappa shape index (κ3) is 2.42. The number of aromatic nitrogens is 2. The highest BCUT2D eigenvalue weighted by molar-refractivity contribution is 5.80. The number of likely N-dealkylation sites (tertiary alicyclic amines) is 1. The molecule has 0 radical (unpaired) electrons. The molecule has 0 saturated carbocycles. The Bertz CT molecular complexity index is 646. The second-order valence-electron chi connectivity index (χ2n) is 4.53. The summed E-state index contributed by atoms with van der Waals surface area (Å²) in [6.07, 6.45) is 3.06. The number of hydrogen-bond donors (Lipinski definition) is 1. The Morgan fingerprint density at radius 3 is 2.63 bits per heavy atom. The standard InChI is InChI=1S/C12H14N4O3/c1-8(11(18)15-4-2-3-5-15)16-7-9(6-13)10(17)14-12(16)19/h7-8H,2-5H2,1H3,(H,14,17,19). The Morgan fingerprint density at radius 1 is 1.42 bits per heavy atom. The molecule has 1 aliphatic rings. The molecule has 0 spiro atoms. The maximum Gasteiger partial charge on any atom is 0.329 e. The van der Waals surface area contributed by atoms with Gasteiger partial charge in [0.1, 0.15) is 17.7 Å². The third-order valence-corrected chi connectivity index (χ3v) is 3.28. The summed E-state index contributed by atoms with van der Waals surface area (Å²) in [7, 11) is 0. The smallest absolute Gasteiger partial charge is 0.329 e. The first-order valence-corrected chi connectivity index (χ1v) is 6.09. The average Bonchev–Trinajstić information content (AvgIpc) is 2.91. The second-order valence-corrected chi connectivity index (χ2v) is 4.53. The van der Waals surface area contributed by atoms with E-state index in [9.17, 15) is 14.4 Å². The molecule has 1 aliphatic heterocycles. The van der Waals surface area contributed by atoms with Gasteiger partial charge in [0.05, 0.1) is 0 Å². The lowest BCUT2D eigenvalue weighted by atomic mass is 10.2. The number of H-pyrrole nitrogens is 1. The van der Waals surface area contributed by atoms with E-state index in [0.29, 0.717) is 13.1 Å². The van der Waals surface area contributed by atoms with Crippen molar-refractivity contribution in [3.05, 3.63) is 32.6 Å². The van der Waals surface area contributed by atoms with Gasteiger partial charge in [0, 0.05) is 19.3 Å². The van der Waals surface area contributed by atoms with E-state index < -0.39 is 17.3 Å². The SMILES string of the molecule is CC(C(=O)N1CCCC1)n1cc(C#N)c(=O)[nH]c1=O. The summed E-state index contributed by atoms with van der Waals surface area (Å²) in [6, 6.07) is 0.971. The molecule has 19 heavy (non-hydrogen) atoms. The molecule has 1 saturated heterocycles. The molecule has 1 atom stereocenters. The number of nitrogens with one attached hydrogen (secondary N) is 1. The van der Waals surface area contributed by atoms with Crippen molar-refractivity contribution < 1.29 is 4.79 Å². The van der Waals surface area contributed by atoms with E-state index in [-0.39, 0.29) is 11.5 Å². The lowest BCUT2D eigenvalue weighted by Crippen LogP contribution is -2.40. The van der Waals surface area contributed by atoms with Crippen LogP contribution in [0.15, 0.2) is 15.8 Å². The van der Waals surface area contributed by atoms with Gasteiger partial charge in [-0.1, -0.05) is 0 Å². The monoisotopic (exact) mass is 262 g/mol. The maximum atomic E-state index is 12.2. The highest BCUT2D eigenvalue weighted by atomic mass is 16.2. The number of aromatic amines is 1. The molecule has 2 rings (SSSR count). The van der Waals surface area contributed by atoms with Crippen molar-refractivity contribution in [1.29, 1.82) is 5.26 Å². The number of amides is 1. The Hall–Kier alpha value is -2.36. The fourth-order valence-corrected chi connectivity index (χ4v) is 2.17. The van der Waals surface area contributed by atoms with Crippen LogP contribution in [0.3, 0.4) is 0 Å². The van der Waals surface area contributed by atoms with Gasteiger partial charge in [-0.3, -0.25) is 19.1 Å². The number of hydrogen-bond acceptors (Lipinski definition) is 4. The molecular formula is C12H14N4O3. The molecule has 7 nitrogen and oxygen atoms in total. The summed E-state index contributed by atoms with van der Waals surface area (Å²) in [5, 5.41) is 8.78. The fourth-order valence-electron chi connectivity index (χ4n) is 2.17. The van der Waals surface area contributed by atoms with Crippen molar-refractivity contribution in [3.8, 4) is 6.07 Å². The molecule has 2 heterocycles. The van der Waals surface area contributed by atoms with Crippen LogP contribution < -0.4 is 11.2 Å². The van der Waals surface area contributed by atoms with Gasteiger partial charge < -0.3 is 4.90 Å². The quantitative estimate of drug-likeness (QED) is 0.783. The highest BCUT2D eigenvalue weighted by Gasteiger charge is 2.25. The summed E-state index contributed by atoms with van der Waals surface area (Å²) in [5.41, 5.74) is -1.59. The van der Waals surface area contributed by atoms with Crippen molar-refractivity contribution in [3.63, 3.8) is 0 Å². The largest absolute Gasteiger partial charge is 0.341 e. The average molecular weight is 262 g/mol. The van der Waals surface area contributed by atoms with Gasteiger partial charge in [-0.25, -0.2) is 4.79 Å². The van der Waals surface area contributed by atoms with Crippen molar-refractivity contribution in [2.75, 3.05) is 13.1 Å². The highest BCUT2D eigenvalue weighted by Crippen LogP contribution is 2.14. The minimum absolute atomic E-state index is 0.171. The van der Waals surface area contributed by atoms with E-state index in [2.05, 4.69) is 0 Å². The Balaban J connectivity index is 2.36. The number of carbonyl (C=O) groups excluding carboxylic acids is 1. The molecule has 1 aromatic rings. The molecule has 1 unspecified atom stereocenters. The van der Waals surface area contributed by atoms with E-state index in [1.807, 2.05) is 4.98 Å². The van der Waals surface area contributed by atoms with E-state index in [1.165, 1.54) is 0 Å². The number of nitriles is 1. The van der Waals surface area contributed by atoms with E-state index in [1.54, 1.807) is 17.9 Å². The minimum Gasteiger partial charge on any atom is -0.341 e. The van der Waals surface area contributed by atoms with E-state index in [0.717, 1.165) is 23.6 Å². The zero-order chi connectivity index (χ0) is 14.0. The van der Waals surface area contributed by atoms with Crippen LogP contribution in [0.1, 0.15) is 31.4 Å². The summed E-state index contributed by atoms with van der Waals surface area (Å²) in [5.74, 6) is -0.171. The lowest BCUT2D eigenvalue weighted by Gasteiger charge is -2.21. The molecule has 1 fully saturated rings. The predicted molar refractivity (Wildman–Crippen MR) is 66.6 cm³/mol. The van der Waals surface area contributed by atoms with E-state index >= 15 is 0 Å². The van der Waals surface area contributed by atoms with Crippen LogP contribution in [0.4, 0.5) is 0 Å². The van der Waals surface area contributed by atoms with Crippen molar-refractivity contribution in [2.24, 2.45) is 0 Å². The summed E-state index contributed by atoms with van der Waals surface area (Å²) in [4.78, 5) is 38.9. The number of carbonyl (C=O) groups is 1. The summed E-state index contributed by atoms with van der Waals surface area (Å²) in [6.45, 7) is 2.96. The van der Waals surface area contributed by atoms with Gasteiger partial charge in [0.15, 0.2) is 0 Å². The van der Waals surface area contributed by atoms with Crippen LogP contribution >= 0.6 is 0 Å². The van der Waals surface area contributed by atoms with Crippen LogP contribution in [0.5, 0.6) is 0 Å². The first-order valence-electron chi connectivity index (χ1n) is 6.09. The molecule has 0 bridgehead atoms. The zero-order valence-electron chi connectivity index (χ0n) is 10.5. The molecule has 0 aliphatic carbocycles. The van der Waals surface area contributed by atoms with Crippen LogP contribution in [-0.2, 0) is 4.79 Å². The first-order chi connectivity index (χ1) is 9.04. The molecule has 1 amide bonds. The van der Waals surface area contributed by atoms with Gasteiger partial charge in [-0.05, 0) is 19.8 Å². The lowest BCUT2D eigenvalue weighted by molar-refractivity contribution is -0.133. The normalized spacial score (nSPS) is 16.1. The van der Waals surface area contributed by atoms with Gasteiger partial charge in [-0.15, -0.1) is 0 Å². The van der Waals surface area contributed by atoms with Crippen LogP contribution in [0.25, 0.3) is 0 Å². The van der Waals surface area contributed by atoms with Crippen LogP contribution in [0.2, 0.25) is 0 Å². The molecule has 100 valence electrons. The Morgan fingerprint density at radius 2 is 2.05 bits per heavy atom. The van der Waals surface area contributed by atoms with Crippen molar-refractivity contribution >= 4 is 5.91 Å². The van der Waals surface area contributed by atoms with Crippen molar-refractivity contribution in [2.45, 2.75) is 25.8 Å². The topological polar surface area (TPSA) is 99.0 Å². The minimum atomic E-state index is -0.732. The fraction of sp³-hybridized carbons (Fsp3) is 0.500. The van der Waals surface area contributed by atoms with Crippen LogP contribution in [-0.4, -0.2) is 33.4 Å². The number of nitrogens with zero attached hydrogens (tertiary/aromatic N) is 3. The third-order valence-electron chi connectivity index (χ3n) is 3.28.